The number of hydroxylamine groups is 2. The van der Waals surface area contributed by atoms with Crippen LogP contribution in [0, 0.1) is 30.6 Å². The summed E-state index contributed by atoms with van der Waals surface area (Å²) in [5.74, 6) is 7.07. The van der Waals surface area contributed by atoms with E-state index in [-0.39, 0.29) is 18.6 Å². The number of nitrogens with zero attached hydrogens (tertiary/aromatic N) is 1. The molecule has 2 unspecified atom stereocenters. The molecule has 39 heavy (non-hydrogen) atoms. The Balaban J connectivity index is 1.18. The second kappa shape index (κ2) is 13.1. The zero-order chi connectivity index (χ0) is 27.2. The standard InChI is InChI=1S/C33H43N3O3/c1-23-7-9-25(10-8-23)11-12-26-13-15-27(16-14-26)21-36-32(30(22-37)33(39-36)24(2)38)20-34-18-17-28-19-35-31-6-4-3-5-29(28)31/h7-10,13-16,19,24,29-35,37-38H,3-6,17-18,20-22H2,1-2H3/p+1/t24-,29?,30-,31?,32+,33-/m1/s1. The molecule has 2 fully saturated rings. The van der Waals surface area contributed by atoms with Gasteiger partial charge in [0.15, 0.2) is 0 Å². The van der Waals surface area contributed by atoms with Crippen LogP contribution < -0.4 is 10.6 Å². The zero-order valence-corrected chi connectivity index (χ0v) is 23.4. The lowest BCUT2D eigenvalue weighted by Crippen LogP contribution is -2.87. The molecule has 208 valence electrons. The van der Waals surface area contributed by atoms with Crippen molar-refractivity contribution in [2.45, 2.75) is 76.8 Å². The van der Waals surface area contributed by atoms with Gasteiger partial charge in [0.25, 0.3) is 0 Å². The molecule has 6 heteroatoms. The number of nitrogens with one attached hydrogen (secondary N) is 1. The van der Waals surface area contributed by atoms with E-state index in [4.69, 9.17) is 4.84 Å². The van der Waals surface area contributed by atoms with Crippen LogP contribution in [-0.4, -0.2) is 59.3 Å². The highest BCUT2D eigenvalue weighted by Gasteiger charge is 2.46. The Labute approximate surface area is 233 Å². The fourth-order valence-corrected chi connectivity index (χ4v) is 6.43. The van der Waals surface area contributed by atoms with Crippen molar-refractivity contribution in [3.8, 4) is 11.8 Å². The summed E-state index contributed by atoms with van der Waals surface area (Å²) in [4.78, 5) is 6.24. The van der Waals surface area contributed by atoms with E-state index >= 15 is 0 Å². The Morgan fingerprint density at radius 1 is 1.05 bits per heavy atom. The van der Waals surface area contributed by atoms with Crippen LogP contribution in [-0.2, 0) is 11.4 Å². The summed E-state index contributed by atoms with van der Waals surface area (Å²) in [6, 6.07) is 17.2. The lowest BCUT2D eigenvalue weighted by atomic mass is 9.81. The van der Waals surface area contributed by atoms with Gasteiger partial charge < -0.3 is 20.8 Å². The van der Waals surface area contributed by atoms with Crippen LogP contribution in [0.25, 0.3) is 0 Å². The van der Waals surface area contributed by atoms with Crippen molar-refractivity contribution in [2.24, 2.45) is 11.8 Å². The Morgan fingerprint density at radius 2 is 1.74 bits per heavy atom. The lowest BCUT2D eigenvalue weighted by molar-refractivity contribution is -0.660. The van der Waals surface area contributed by atoms with Crippen molar-refractivity contribution < 1.29 is 20.4 Å². The molecule has 2 aliphatic heterocycles. The number of quaternary nitrogens is 1. The Bertz CT molecular complexity index is 1170. The van der Waals surface area contributed by atoms with E-state index in [1.54, 1.807) is 12.5 Å². The monoisotopic (exact) mass is 530 g/mol. The summed E-state index contributed by atoms with van der Waals surface area (Å²) >= 11 is 0. The molecule has 0 spiro atoms. The van der Waals surface area contributed by atoms with Gasteiger partial charge in [0.1, 0.15) is 6.10 Å². The quantitative estimate of drug-likeness (QED) is 0.296. The van der Waals surface area contributed by atoms with E-state index in [2.05, 4.69) is 59.9 Å². The molecule has 2 heterocycles. The third-order valence-electron chi connectivity index (χ3n) is 8.69. The molecule has 3 aliphatic rings. The minimum atomic E-state index is -0.646. The SMILES string of the molecule is Cc1ccc(C#Cc2ccc(CN3O[C@H]([C@@H](C)O)[C@H](CO)[C@@H]3C[NH2+]CCC3=CNC4CCCCC34)cc2)cc1. The Kier molecular flexibility index (Phi) is 9.39. The highest BCUT2D eigenvalue weighted by atomic mass is 16.7. The summed E-state index contributed by atoms with van der Waals surface area (Å²) in [6.45, 7) is 6.26. The van der Waals surface area contributed by atoms with Crippen LogP contribution in [0.2, 0.25) is 0 Å². The van der Waals surface area contributed by atoms with E-state index in [1.165, 1.54) is 31.2 Å². The first-order valence-electron chi connectivity index (χ1n) is 14.7. The number of aryl methyl sites for hydroxylation is 1. The van der Waals surface area contributed by atoms with Crippen molar-refractivity contribution in [1.82, 2.24) is 10.4 Å². The van der Waals surface area contributed by atoms with Gasteiger partial charge in [-0.3, -0.25) is 4.84 Å². The summed E-state index contributed by atoms with van der Waals surface area (Å²) in [5.41, 5.74) is 5.90. The molecule has 0 aromatic heterocycles. The maximum absolute atomic E-state index is 10.4. The summed E-state index contributed by atoms with van der Waals surface area (Å²) in [5, 5.41) is 28.6. The number of benzene rings is 2. The maximum Gasteiger partial charge on any atom is 0.112 e. The maximum atomic E-state index is 10.4. The van der Waals surface area contributed by atoms with Gasteiger partial charge >= 0.3 is 0 Å². The third kappa shape index (κ3) is 6.92. The van der Waals surface area contributed by atoms with Gasteiger partial charge in [0, 0.05) is 42.0 Å². The van der Waals surface area contributed by atoms with Crippen LogP contribution in [0.1, 0.15) is 61.3 Å². The van der Waals surface area contributed by atoms with Gasteiger partial charge in [-0.1, -0.05) is 54.5 Å². The molecule has 0 bridgehead atoms. The van der Waals surface area contributed by atoms with E-state index < -0.39 is 12.2 Å². The van der Waals surface area contributed by atoms with E-state index in [0.717, 1.165) is 36.2 Å². The molecule has 2 aromatic carbocycles. The lowest BCUT2D eigenvalue weighted by Gasteiger charge is -2.27. The van der Waals surface area contributed by atoms with Gasteiger partial charge in [0.05, 0.1) is 31.8 Å². The van der Waals surface area contributed by atoms with Gasteiger partial charge in [-0.05, 0) is 68.3 Å². The number of fused-ring (bicyclic) bond motifs is 1. The third-order valence-corrected chi connectivity index (χ3v) is 8.69. The van der Waals surface area contributed by atoms with Gasteiger partial charge in [-0.15, -0.1) is 0 Å². The number of rotatable bonds is 9. The molecule has 5 rings (SSSR count). The van der Waals surface area contributed by atoms with Crippen LogP contribution in [0.15, 0.2) is 60.3 Å². The highest BCUT2D eigenvalue weighted by molar-refractivity contribution is 5.44. The topological polar surface area (TPSA) is 81.6 Å². The van der Waals surface area contributed by atoms with Crippen molar-refractivity contribution in [3.63, 3.8) is 0 Å². The number of nitrogens with two attached hydrogens (primary N) is 1. The smallest absolute Gasteiger partial charge is 0.112 e. The Morgan fingerprint density at radius 3 is 2.44 bits per heavy atom. The first-order valence-corrected chi connectivity index (χ1v) is 14.7. The average molecular weight is 531 g/mol. The molecule has 2 aromatic rings. The summed E-state index contributed by atoms with van der Waals surface area (Å²) < 4.78 is 0. The number of hydrogen-bond donors (Lipinski definition) is 4. The van der Waals surface area contributed by atoms with E-state index in [0.29, 0.717) is 18.5 Å². The molecular formula is C33H44N3O3+. The van der Waals surface area contributed by atoms with Crippen molar-refractivity contribution in [3.05, 3.63) is 82.6 Å². The van der Waals surface area contributed by atoms with Crippen molar-refractivity contribution in [2.75, 3.05) is 19.7 Å². The molecule has 1 aliphatic carbocycles. The zero-order valence-electron chi connectivity index (χ0n) is 23.4. The van der Waals surface area contributed by atoms with Gasteiger partial charge in [-0.25, -0.2) is 0 Å². The average Bonchev–Trinajstić information content (AvgIpc) is 3.52. The second-order valence-electron chi connectivity index (χ2n) is 11.6. The first kappa shape index (κ1) is 27.9. The molecular weight excluding hydrogens is 486 g/mol. The molecule has 6 atom stereocenters. The summed E-state index contributed by atoms with van der Waals surface area (Å²) in [6.07, 6.45) is 7.61. The van der Waals surface area contributed by atoms with Crippen molar-refractivity contribution in [1.29, 1.82) is 0 Å². The number of aliphatic hydroxyl groups excluding tert-OH is 2. The van der Waals surface area contributed by atoms with E-state index in [1.807, 2.05) is 29.3 Å². The van der Waals surface area contributed by atoms with Crippen LogP contribution in [0.3, 0.4) is 0 Å². The molecule has 0 amide bonds. The molecule has 6 nitrogen and oxygen atoms in total. The molecule has 0 radical (unpaired) electrons. The van der Waals surface area contributed by atoms with Crippen LogP contribution in [0.5, 0.6) is 0 Å². The van der Waals surface area contributed by atoms with Gasteiger partial charge in [-0.2, -0.15) is 5.06 Å². The second-order valence-corrected chi connectivity index (χ2v) is 11.6. The van der Waals surface area contributed by atoms with Crippen molar-refractivity contribution >= 4 is 0 Å². The van der Waals surface area contributed by atoms with Crippen LogP contribution in [0.4, 0.5) is 0 Å². The predicted molar refractivity (Wildman–Crippen MR) is 153 cm³/mol. The first-order chi connectivity index (χ1) is 19.0. The van der Waals surface area contributed by atoms with Gasteiger partial charge in [0.2, 0.25) is 0 Å². The summed E-state index contributed by atoms with van der Waals surface area (Å²) in [7, 11) is 0. The minimum Gasteiger partial charge on any atom is -0.396 e. The predicted octanol–water partition coefficient (Wildman–Crippen LogP) is 2.87. The van der Waals surface area contributed by atoms with Crippen LogP contribution >= 0.6 is 0 Å². The number of aliphatic hydroxyl groups is 2. The Hall–Kier alpha value is -2.66. The molecule has 1 saturated carbocycles. The molecule has 1 saturated heterocycles. The fraction of sp³-hybridized carbons (Fsp3) is 0.515. The normalized spacial score (nSPS) is 27.3. The largest absolute Gasteiger partial charge is 0.396 e. The molecule has 5 N–H and O–H groups in total. The van der Waals surface area contributed by atoms with E-state index in [9.17, 15) is 10.2 Å². The number of hydrogen-bond acceptors (Lipinski definition) is 5. The fourth-order valence-electron chi connectivity index (χ4n) is 6.43. The highest BCUT2D eigenvalue weighted by Crippen LogP contribution is 2.35. The minimum absolute atomic E-state index is 0.00304.